The van der Waals surface area contributed by atoms with Crippen molar-refractivity contribution in [1.29, 1.82) is 0 Å². The monoisotopic (exact) mass is 394 g/mol. The van der Waals surface area contributed by atoms with Gasteiger partial charge in [0.05, 0.1) is 23.8 Å². The Morgan fingerprint density at radius 3 is 2.68 bits per heavy atom. The van der Waals surface area contributed by atoms with Crippen LogP contribution in [0.2, 0.25) is 5.02 Å². The average Bonchev–Trinajstić information content (AvgIpc) is 3.15. The number of nitrogens with zero attached hydrogens (tertiary/aromatic N) is 3. The molecule has 1 aliphatic heterocycles. The molecule has 0 fully saturated rings. The molecule has 0 bridgehead atoms. The van der Waals surface area contributed by atoms with Crippen molar-refractivity contribution in [2.24, 2.45) is 0 Å². The molecule has 142 valence electrons. The third-order valence-electron chi connectivity index (χ3n) is 4.78. The van der Waals surface area contributed by atoms with Crippen molar-refractivity contribution < 1.29 is 9.59 Å². The Bertz CT molecular complexity index is 1040. The van der Waals surface area contributed by atoms with Crippen LogP contribution in [0.3, 0.4) is 0 Å². The summed E-state index contributed by atoms with van der Waals surface area (Å²) in [6, 6.07) is 13.1. The minimum Gasteiger partial charge on any atom is -0.334 e. The summed E-state index contributed by atoms with van der Waals surface area (Å²) < 4.78 is 1.65. The first kappa shape index (κ1) is 18.3. The van der Waals surface area contributed by atoms with Crippen LogP contribution in [0.4, 0.5) is 5.69 Å². The average molecular weight is 395 g/mol. The van der Waals surface area contributed by atoms with E-state index in [4.69, 9.17) is 11.6 Å². The summed E-state index contributed by atoms with van der Waals surface area (Å²) in [4.78, 5) is 25.9. The first-order valence-electron chi connectivity index (χ1n) is 8.99. The van der Waals surface area contributed by atoms with E-state index in [1.165, 1.54) is 6.92 Å². The van der Waals surface area contributed by atoms with Crippen molar-refractivity contribution in [1.82, 2.24) is 14.7 Å². The molecule has 6 nitrogen and oxygen atoms in total. The lowest BCUT2D eigenvalue weighted by atomic mass is 9.99. The highest BCUT2D eigenvalue weighted by Crippen LogP contribution is 2.27. The predicted molar refractivity (Wildman–Crippen MR) is 108 cm³/mol. The van der Waals surface area contributed by atoms with E-state index in [0.717, 1.165) is 28.3 Å². The smallest absolute Gasteiger partial charge is 0.254 e. The maximum atomic E-state index is 12.9. The minimum atomic E-state index is -0.148. The van der Waals surface area contributed by atoms with E-state index in [2.05, 4.69) is 10.4 Å². The third-order valence-corrected chi connectivity index (χ3v) is 5.13. The molecule has 0 spiro atoms. The number of carbonyl (C=O) groups excluding carboxylic acids is 2. The van der Waals surface area contributed by atoms with Gasteiger partial charge in [-0.15, -0.1) is 0 Å². The number of amides is 2. The molecule has 2 heterocycles. The molecule has 1 N–H and O–H groups in total. The predicted octanol–water partition coefficient (Wildman–Crippen LogP) is 3.68. The zero-order valence-corrected chi connectivity index (χ0v) is 16.1. The Balaban J connectivity index is 1.49. The Morgan fingerprint density at radius 2 is 1.93 bits per heavy atom. The van der Waals surface area contributed by atoms with Crippen molar-refractivity contribution in [3.63, 3.8) is 0 Å². The van der Waals surface area contributed by atoms with Crippen molar-refractivity contribution >= 4 is 29.1 Å². The Labute approximate surface area is 167 Å². The lowest BCUT2D eigenvalue weighted by molar-refractivity contribution is -0.114. The molecule has 2 aromatic carbocycles. The van der Waals surface area contributed by atoms with Crippen molar-refractivity contribution in [2.75, 3.05) is 11.9 Å². The summed E-state index contributed by atoms with van der Waals surface area (Å²) in [6.07, 6.45) is 4.07. The fraction of sp³-hybridized carbons (Fsp3) is 0.190. The highest BCUT2D eigenvalue weighted by Gasteiger charge is 2.23. The zero-order valence-electron chi connectivity index (χ0n) is 15.4. The summed E-state index contributed by atoms with van der Waals surface area (Å²) >= 11 is 6.26. The van der Waals surface area contributed by atoms with Gasteiger partial charge in [0.2, 0.25) is 5.91 Å². The van der Waals surface area contributed by atoms with Gasteiger partial charge in [-0.1, -0.05) is 23.7 Å². The number of benzene rings is 2. The van der Waals surface area contributed by atoms with Gasteiger partial charge in [0.15, 0.2) is 0 Å². The molecule has 3 aromatic rings. The Morgan fingerprint density at radius 1 is 1.14 bits per heavy atom. The van der Waals surface area contributed by atoms with E-state index in [0.29, 0.717) is 24.3 Å². The fourth-order valence-corrected chi connectivity index (χ4v) is 3.70. The molecule has 0 saturated heterocycles. The van der Waals surface area contributed by atoms with Gasteiger partial charge in [0.1, 0.15) is 0 Å². The summed E-state index contributed by atoms with van der Waals surface area (Å²) in [6.45, 7) is 2.66. The molecular formula is C21H19ClN4O2. The zero-order chi connectivity index (χ0) is 19.7. The van der Waals surface area contributed by atoms with E-state index < -0.39 is 0 Å². The van der Waals surface area contributed by atoms with Gasteiger partial charge in [0.25, 0.3) is 5.91 Å². The van der Waals surface area contributed by atoms with Crippen molar-refractivity contribution in [2.45, 2.75) is 19.9 Å². The lowest BCUT2D eigenvalue weighted by Crippen LogP contribution is -2.36. The molecule has 28 heavy (non-hydrogen) atoms. The van der Waals surface area contributed by atoms with Gasteiger partial charge < -0.3 is 10.2 Å². The number of carbonyl (C=O) groups is 2. The maximum Gasteiger partial charge on any atom is 0.254 e. The molecule has 0 radical (unpaired) electrons. The van der Waals surface area contributed by atoms with Crippen molar-refractivity contribution in [3.8, 4) is 5.69 Å². The van der Waals surface area contributed by atoms with Crippen LogP contribution < -0.4 is 5.32 Å². The third kappa shape index (κ3) is 3.64. The number of hydrogen-bond donors (Lipinski definition) is 1. The largest absolute Gasteiger partial charge is 0.334 e. The Hall–Kier alpha value is -3.12. The SMILES string of the molecule is CC(=O)Nc1cnn(-c2ccc(C(=O)N3CCc4c(Cl)cccc4C3)cc2)c1. The summed E-state index contributed by atoms with van der Waals surface area (Å²) in [7, 11) is 0. The van der Waals surface area contributed by atoms with Gasteiger partial charge in [0, 0.05) is 30.6 Å². The summed E-state index contributed by atoms with van der Waals surface area (Å²) in [5.41, 5.74) is 4.30. The van der Waals surface area contributed by atoms with Gasteiger partial charge in [-0.05, 0) is 47.9 Å². The molecule has 0 aliphatic carbocycles. The maximum absolute atomic E-state index is 12.9. The van der Waals surface area contributed by atoms with Gasteiger partial charge in [-0.25, -0.2) is 4.68 Å². The van der Waals surface area contributed by atoms with Gasteiger partial charge >= 0.3 is 0 Å². The molecule has 7 heteroatoms. The van der Waals surface area contributed by atoms with Crippen LogP contribution in [0.25, 0.3) is 5.69 Å². The quantitative estimate of drug-likeness (QED) is 0.736. The van der Waals surface area contributed by atoms with E-state index in [9.17, 15) is 9.59 Å². The van der Waals surface area contributed by atoms with E-state index in [-0.39, 0.29) is 11.8 Å². The number of rotatable bonds is 3. The molecular weight excluding hydrogens is 376 g/mol. The van der Waals surface area contributed by atoms with Crippen LogP contribution in [0.5, 0.6) is 0 Å². The number of aromatic nitrogens is 2. The standard InChI is InChI=1S/C21H19ClN4O2/c1-14(27)24-17-11-23-26(13-17)18-7-5-15(6-8-18)21(28)25-10-9-19-16(12-25)3-2-4-20(19)22/h2-8,11,13H,9-10,12H2,1H3,(H,24,27). The van der Waals surface area contributed by atoms with Crippen LogP contribution in [0, 0.1) is 0 Å². The molecule has 2 amide bonds. The highest BCUT2D eigenvalue weighted by molar-refractivity contribution is 6.31. The number of fused-ring (bicyclic) bond motifs is 1. The van der Waals surface area contributed by atoms with E-state index in [1.807, 2.05) is 35.2 Å². The van der Waals surface area contributed by atoms with Crippen LogP contribution in [0.1, 0.15) is 28.4 Å². The minimum absolute atomic E-state index is 0.00317. The highest BCUT2D eigenvalue weighted by atomic mass is 35.5. The van der Waals surface area contributed by atoms with Crippen LogP contribution >= 0.6 is 11.6 Å². The van der Waals surface area contributed by atoms with E-state index >= 15 is 0 Å². The van der Waals surface area contributed by atoms with E-state index in [1.54, 1.807) is 29.2 Å². The first-order chi connectivity index (χ1) is 13.5. The fourth-order valence-electron chi connectivity index (χ4n) is 3.41. The summed E-state index contributed by atoms with van der Waals surface area (Å²) in [5.74, 6) is -0.151. The van der Waals surface area contributed by atoms with Crippen molar-refractivity contribution in [3.05, 3.63) is 76.6 Å². The van der Waals surface area contributed by atoms with Gasteiger partial charge in [-0.2, -0.15) is 5.10 Å². The second-order valence-corrected chi connectivity index (χ2v) is 7.16. The number of anilines is 1. The van der Waals surface area contributed by atoms with Crippen LogP contribution in [0.15, 0.2) is 54.9 Å². The molecule has 0 unspecified atom stereocenters. The summed E-state index contributed by atoms with van der Waals surface area (Å²) in [5, 5.41) is 7.69. The lowest BCUT2D eigenvalue weighted by Gasteiger charge is -2.29. The molecule has 0 atom stereocenters. The molecule has 0 saturated carbocycles. The normalized spacial score (nSPS) is 13.1. The van der Waals surface area contributed by atoms with Crippen LogP contribution in [-0.4, -0.2) is 33.0 Å². The topological polar surface area (TPSA) is 67.2 Å². The number of halogens is 1. The number of nitrogens with one attached hydrogen (secondary N) is 1. The first-order valence-corrected chi connectivity index (χ1v) is 9.37. The van der Waals surface area contributed by atoms with Gasteiger partial charge in [-0.3, -0.25) is 9.59 Å². The second kappa shape index (κ2) is 7.48. The molecule has 1 aliphatic rings. The number of hydrogen-bond acceptors (Lipinski definition) is 3. The second-order valence-electron chi connectivity index (χ2n) is 6.76. The molecule has 1 aromatic heterocycles. The molecule has 4 rings (SSSR count). The van der Waals surface area contributed by atoms with Crippen LogP contribution in [-0.2, 0) is 17.8 Å². The Kier molecular flexibility index (Phi) is 4.88.